The van der Waals surface area contributed by atoms with Crippen LogP contribution in [0.2, 0.25) is 0 Å². The number of likely N-dealkylation sites (N-methyl/N-ethyl adjacent to an activating group) is 1. The van der Waals surface area contributed by atoms with E-state index in [0.29, 0.717) is 40.8 Å². The Balaban J connectivity index is 1.35. The lowest BCUT2D eigenvalue weighted by molar-refractivity contribution is -0.120. The molecule has 3 aliphatic rings. The third-order valence-electron chi connectivity index (χ3n) is 9.72. The standard InChI is InChI=1S/C37H52N4O8/c1-24-20-41(25(2)22-42)36(44)30-18-28(38-35(43)27-11-6-5-7-12-27)13-15-31(30)49-26(3)10-8-9-17-46-34(24)21-40(4)37(45)39-29-14-16-32-33(19-29)48-23-47-32/h13-16,18-19,24-27,34,42H,5-12,17,20-23H2,1-4H3,(H,38,43)(H,39,45)/t24-,25+,26+,34-/m0/s1. The van der Waals surface area contributed by atoms with Crippen LogP contribution < -0.4 is 24.8 Å². The number of urea groups is 1. The van der Waals surface area contributed by atoms with Gasteiger partial charge >= 0.3 is 6.03 Å². The van der Waals surface area contributed by atoms with Crippen molar-refractivity contribution >= 4 is 29.2 Å². The van der Waals surface area contributed by atoms with Crippen molar-refractivity contribution in [2.24, 2.45) is 11.8 Å². The molecule has 2 heterocycles. The zero-order valence-corrected chi connectivity index (χ0v) is 29.2. The fourth-order valence-electron chi connectivity index (χ4n) is 6.62. The SMILES string of the molecule is C[C@@H]1CCCCO[C@@H](CN(C)C(=O)Nc2ccc3c(c2)OCO3)[C@@H](C)CN([C@H](C)CO)C(=O)c2cc(NC(=O)C3CCCCC3)ccc2O1. The van der Waals surface area contributed by atoms with Crippen molar-refractivity contribution < 1.29 is 38.4 Å². The highest BCUT2D eigenvalue weighted by molar-refractivity contribution is 6.00. The van der Waals surface area contributed by atoms with Gasteiger partial charge in [-0.2, -0.15) is 0 Å². The van der Waals surface area contributed by atoms with Crippen LogP contribution in [0.25, 0.3) is 0 Å². The molecule has 12 heteroatoms. The van der Waals surface area contributed by atoms with Crippen molar-refractivity contribution in [3.05, 3.63) is 42.0 Å². The fraction of sp³-hybridized carbons (Fsp3) is 0.595. The van der Waals surface area contributed by atoms with E-state index >= 15 is 0 Å². The molecule has 4 atom stereocenters. The van der Waals surface area contributed by atoms with Gasteiger partial charge in [0.15, 0.2) is 11.5 Å². The highest BCUT2D eigenvalue weighted by Gasteiger charge is 2.31. The molecule has 2 aromatic carbocycles. The number of anilines is 2. The summed E-state index contributed by atoms with van der Waals surface area (Å²) in [7, 11) is 1.71. The number of nitrogens with one attached hydrogen (secondary N) is 2. The third-order valence-corrected chi connectivity index (χ3v) is 9.72. The number of benzene rings is 2. The molecular weight excluding hydrogens is 628 g/mol. The number of fused-ring (bicyclic) bond motifs is 2. The largest absolute Gasteiger partial charge is 0.490 e. The lowest BCUT2D eigenvalue weighted by Crippen LogP contribution is -2.48. The minimum Gasteiger partial charge on any atom is -0.490 e. The summed E-state index contributed by atoms with van der Waals surface area (Å²) in [6.07, 6.45) is 6.84. The van der Waals surface area contributed by atoms with Crippen LogP contribution in [-0.4, -0.2) is 91.1 Å². The molecule has 12 nitrogen and oxygen atoms in total. The normalized spacial score (nSPS) is 22.7. The molecule has 0 saturated heterocycles. The maximum atomic E-state index is 14.4. The van der Waals surface area contributed by atoms with Gasteiger partial charge in [-0.15, -0.1) is 0 Å². The van der Waals surface area contributed by atoms with Crippen molar-refractivity contribution in [2.45, 2.75) is 90.4 Å². The molecule has 0 unspecified atom stereocenters. The van der Waals surface area contributed by atoms with Gasteiger partial charge in [-0.05, 0) is 76.3 Å². The van der Waals surface area contributed by atoms with E-state index < -0.39 is 12.1 Å². The Morgan fingerprint density at radius 1 is 0.939 bits per heavy atom. The summed E-state index contributed by atoms with van der Waals surface area (Å²) in [5, 5.41) is 16.2. The lowest BCUT2D eigenvalue weighted by atomic mass is 9.88. The number of carbonyl (C=O) groups excluding carboxylic acids is 3. The maximum absolute atomic E-state index is 14.4. The van der Waals surface area contributed by atoms with Crippen LogP contribution >= 0.6 is 0 Å². The minimum absolute atomic E-state index is 0.0249. The molecule has 49 heavy (non-hydrogen) atoms. The van der Waals surface area contributed by atoms with E-state index in [1.807, 2.05) is 13.8 Å². The number of amides is 4. The molecule has 0 spiro atoms. The van der Waals surface area contributed by atoms with Gasteiger partial charge in [0.25, 0.3) is 5.91 Å². The topological polar surface area (TPSA) is 139 Å². The van der Waals surface area contributed by atoms with Crippen molar-refractivity contribution in [2.75, 3.05) is 50.8 Å². The van der Waals surface area contributed by atoms with Crippen molar-refractivity contribution in [1.29, 1.82) is 0 Å². The average Bonchev–Trinajstić information content (AvgIpc) is 3.58. The second kappa shape index (κ2) is 17.1. The van der Waals surface area contributed by atoms with Crippen LogP contribution in [0.5, 0.6) is 17.2 Å². The number of ether oxygens (including phenoxy) is 4. The van der Waals surface area contributed by atoms with Gasteiger partial charge in [0, 0.05) is 56.0 Å². The van der Waals surface area contributed by atoms with Crippen molar-refractivity contribution in [3.63, 3.8) is 0 Å². The summed E-state index contributed by atoms with van der Waals surface area (Å²) in [6, 6.07) is 9.66. The summed E-state index contributed by atoms with van der Waals surface area (Å²) in [6.45, 7) is 6.70. The van der Waals surface area contributed by atoms with Crippen LogP contribution in [0, 0.1) is 11.8 Å². The quantitative estimate of drug-likeness (QED) is 0.329. The van der Waals surface area contributed by atoms with E-state index in [-0.39, 0.29) is 62.3 Å². The number of carbonyl (C=O) groups is 3. The molecule has 1 fully saturated rings. The number of aliphatic hydroxyl groups excluding tert-OH is 1. The molecule has 0 bridgehead atoms. The first-order valence-corrected chi connectivity index (χ1v) is 17.7. The Hall–Kier alpha value is -4.03. The zero-order valence-electron chi connectivity index (χ0n) is 29.2. The Bertz CT molecular complexity index is 1450. The van der Waals surface area contributed by atoms with Gasteiger partial charge in [0.1, 0.15) is 5.75 Å². The highest BCUT2D eigenvalue weighted by Crippen LogP contribution is 2.34. The van der Waals surface area contributed by atoms with E-state index in [9.17, 15) is 19.5 Å². The van der Waals surface area contributed by atoms with E-state index in [4.69, 9.17) is 18.9 Å². The average molecular weight is 681 g/mol. The van der Waals surface area contributed by atoms with Crippen molar-refractivity contribution in [3.8, 4) is 17.2 Å². The molecule has 2 aromatic rings. The molecule has 1 saturated carbocycles. The van der Waals surface area contributed by atoms with E-state index in [1.165, 1.54) is 0 Å². The number of rotatable bonds is 7. The number of nitrogens with zero attached hydrogens (tertiary/aromatic N) is 2. The summed E-state index contributed by atoms with van der Waals surface area (Å²) in [4.78, 5) is 44.0. The molecule has 0 aromatic heterocycles. The summed E-state index contributed by atoms with van der Waals surface area (Å²) < 4.78 is 23.5. The predicted octanol–water partition coefficient (Wildman–Crippen LogP) is 5.89. The molecule has 0 radical (unpaired) electrons. The third kappa shape index (κ3) is 9.57. The smallest absolute Gasteiger partial charge is 0.321 e. The van der Waals surface area contributed by atoms with Gasteiger partial charge in [-0.1, -0.05) is 26.2 Å². The predicted molar refractivity (Wildman–Crippen MR) is 186 cm³/mol. The molecule has 1 aliphatic carbocycles. The first kappa shape index (κ1) is 36.3. The fourth-order valence-corrected chi connectivity index (χ4v) is 6.62. The monoisotopic (exact) mass is 680 g/mol. The first-order valence-electron chi connectivity index (χ1n) is 17.7. The number of hydrogen-bond acceptors (Lipinski definition) is 8. The molecular formula is C37H52N4O8. The van der Waals surface area contributed by atoms with E-state index in [0.717, 1.165) is 51.4 Å². The molecule has 268 valence electrons. The zero-order chi connectivity index (χ0) is 34.9. The van der Waals surface area contributed by atoms with Gasteiger partial charge < -0.3 is 44.5 Å². The van der Waals surface area contributed by atoms with Gasteiger partial charge in [-0.3, -0.25) is 9.59 Å². The summed E-state index contributed by atoms with van der Waals surface area (Å²) >= 11 is 0. The maximum Gasteiger partial charge on any atom is 0.321 e. The lowest BCUT2D eigenvalue weighted by Gasteiger charge is -2.35. The van der Waals surface area contributed by atoms with Gasteiger partial charge in [0.2, 0.25) is 12.7 Å². The Kier molecular flexibility index (Phi) is 12.6. The second-order valence-corrected chi connectivity index (χ2v) is 13.7. The highest BCUT2D eigenvalue weighted by atomic mass is 16.7. The molecule has 2 aliphatic heterocycles. The molecule has 5 rings (SSSR count). The molecule has 3 N–H and O–H groups in total. The summed E-state index contributed by atoms with van der Waals surface area (Å²) in [5.74, 6) is 1.08. The molecule has 4 amide bonds. The number of aliphatic hydroxyl groups is 1. The Morgan fingerprint density at radius 3 is 2.39 bits per heavy atom. The number of hydrogen-bond donors (Lipinski definition) is 3. The minimum atomic E-state index is -0.513. The Morgan fingerprint density at radius 2 is 1.63 bits per heavy atom. The van der Waals surface area contributed by atoms with Crippen molar-refractivity contribution in [1.82, 2.24) is 9.80 Å². The second-order valence-electron chi connectivity index (χ2n) is 13.7. The van der Waals surface area contributed by atoms with Crippen LogP contribution in [0.1, 0.15) is 82.5 Å². The van der Waals surface area contributed by atoms with Crippen LogP contribution in [0.15, 0.2) is 36.4 Å². The van der Waals surface area contributed by atoms with Crippen LogP contribution in [0.4, 0.5) is 16.2 Å². The van der Waals surface area contributed by atoms with Crippen LogP contribution in [-0.2, 0) is 9.53 Å². The van der Waals surface area contributed by atoms with Crippen LogP contribution in [0.3, 0.4) is 0 Å². The first-order chi connectivity index (χ1) is 23.6. The van der Waals surface area contributed by atoms with Gasteiger partial charge in [-0.25, -0.2) is 4.79 Å². The van der Waals surface area contributed by atoms with E-state index in [1.54, 1.807) is 60.2 Å². The van der Waals surface area contributed by atoms with E-state index in [2.05, 4.69) is 10.6 Å². The van der Waals surface area contributed by atoms with Gasteiger partial charge in [0.05, 0.1) is 30.4 Å². The Labute approximate surface area is 289 Å². The summed E-state index contributed by atoms with van der Waals surface area (Å²) in [5.41, 5.74) is 1.45.